The maximum atomic E-state index is 5.93. The van der Waals surface area contributed by atoms with E-state index in [4.69, 9.17) is 11.6 Å². The maximum Gasteiger partial charge on any atom is 0.0406 e. The third-order valence-corrected chi connectivity index (χ3v) is 3.82. The van der Waals surface area contributed by atoms with Crippen molar-refractivity contribution in [3.8, 4) is 0 Å². The zero-order valence-corrected chi connectivity index (χ0v) is 13.5. The van der Waals surface area contributed by atoms with Crippen LogP contribution >= 0.6 is 11.6 Å². The molecular formula is C18H23ClN2. The van der Waals surface area contributed by atoms with Gasteiger partial charge in [-0.15, -0.1) is 0 Å². The van der Waals surface area contributed by atoms with Crippen LogP contribution in [0.3, 0.4) is 0 Å². The van der Waals surface area contributed by atoms with Crippen molar-refractivity contribution in [3.63, 3.8) is 0 Å². The maximum absolute atomic E-state index is 5.93. The average Bonchev–Trinajstić information content (AvgIpc) is 2.49. The van der Waals surface area contributed by atoms with Crippen LogP contribution in [0.1, 0.15) is 16.7 Å². The second-order valence-electron chi connectivity index (χ2n) is 5.42. The minimum absolute atomic E-state index is 0.791. The molecule has 2 aromatic carbocycles. The molecule has 0 saturated heterocycles. The van der Waals surface area contributed by atoms with Crippen molar-refractivity contribution in [2.24, 2.45) is 0 Å². The Kier molecular flexibility index (Phi) is 6.24. The van der Waals surface area contributed by atoms with Crippen molar-refractivity contribution in [2.75, 3.05) is 20.6 Å². The molecule has 112 valence electrons. The zero-order valence-electron chi connectivity index (χ0n) is 12.8. The Bertz CT molecular complexity index is 551. The van der Waals surface area contributed by atoms with Gasteiger partial charge in [-0.2, -0.15) is 0 Å². The first kappa shape index (κ1) is 16.0. The van der Waals surface area contributed by atoms with E-state index < -0.39 is 0 Å². The fourth-order valence-corrected chi connectivity index (χ4v) is 2.59. The van der Waals surface area contributed by atoms with Crippen molar-refractivity contribution in [1.29, 1.82) is 0 Å². The normalized spacial score (nSPS) is 11.0. The molecule has 2 rings (SSSR count). The van der Waals surface area contributed by atoms with Gasteiger partial charge in [-0.3, -0.25) is 4.90 Å². The minimum Gasteiger partial charge on any atom is -0.319 e. The van der Waals surface area contributed by atoms with Gasteiger partial charge in [0.15, 0.2) is 0 Å². The molecule has 0 atom stereocenters. The Morgan fingerprint density at radius 3 is 2.29 bits per heavy atom. The number of nitrogens with one attached hydrogen (secondary N) is 1. The first-order chi connectivity index (χ1) is 10.2. The number of hydrogen-bond donors (Lipinski definition) is 1. The van der Waals surface area contributed by atoms with Gasteiger partial charge in [0.05, 0.1) is 0 Å². The Balaban J connectivity index is 1.98. The fourth-order valence-electron chi connectivity index (χ4n) is 2.46. The molecule has 0 heterocycles. The van der Waals surface area contributed by atoms with Gasteiger partial charge in [0.2, 0.25) is 0 Å². The highest BCUT2D eigenvalue weighted by Crippen LogP contribution is 2.15. The summed E-state index contributed by atoms with van der Waals surface area (Å²) in [6.07, 6.45) is 1.07. The lowest BCUT2D eigenvalue weighted by molar-refractivity contribution is 0.318. The van der Waals surface area contributed by atoms with Gasteiger partial charge in [-0.25, -0.2) is 0 Å². The van der Waals surface area contributed by atoms with E-state index in [0.717, 1.165) is 31.1 Å². The van der Waals surface area contributed by atoms with E-state index in [-0.39, 0.29) is 0 Å². The highest BCUT2D eigenvalue weighted by atomic mass is 35.5. The van der Waals surface area contributed by atoms with Crippen LogP contribution in [0.4, 0.5) is 0 Å². The first-order valence-electron chi connectivity index (χ1n) is 7.33. The molecule has 2 nitrogen and oxygen atoms in total. The van der Waals surface area contributed by atoms with E-state index >= 15 is 0 Å². The molecule has 0 bridgehead atoms. The average molecular weight is 303 g/mol. The van der Waals surface area contributed by atoms with E-state index in [0.29, 0.717) is 0 Å². The van der Waals surface area contributed by atoms with E-state index in [1.54, 1.807) is 0 Å². The molecule has 0 fully saturated rings. The second kappa shape index (κ2) is 8.18. The van der Waals surface area contributed by atoms with Gasteiger partial charge in [0.25, 0.3) is 0 Å². The van der Waals surface area contributed by atoms with Gasteiger partial charge >= 0.3 is 0 Å². The van der Waals surface area contributed by atoms with Crippen LogP contribution in [0.25, 0.3) is 0 Å². The fraction of sp³-hybridized carbons (Fsp3) is 0.333. The lowest BCUT2D eigenvalue weighted by Crippen LogP contribution is -2.19. The Morgan fingerprint density at radius 1 is 0.952 bits per heavy atom. The van der Waals surface area contributed by atoms with Crippen LogP contribution < -0.4 is 5.32 Å². The predicted octanol–water partition coefficient (Wildman–Crippen LogP) is 3.73. The highest BCUT2D eigenvalue weighted by Gasteiger charge is 2.06. The number of nitrogens with zero attached hydrogens (tertiary/aromatic N) is 1. The molecule has 0 aromatic heterocycles. The molecule has 0 amide bonds. The summed E-state index contributed by atoms with van der Waals surface area (Å²) in [6, 6.07) is 16.8. The van der Waals surface area contributed by atoms with Gasteiger partial charge in [-0.05, 0) is 55.9 Å². The molecule has 3 heteroatoms. The van der Waals surface area contributed by atoms with Crippen LogP contribution in [-0.2, 0) is 19.5 Å². The summed E-state index contributed by atoms with van der Waals surface area (Å²) in [5.41, 5.74) is 4.12. The summed E-state index contributed by atoms with van der Waals surface area (Å²) in [5, 5.41) is 4.01. The van der Waals surface area contributed by atoms with Gasteiger partial charge in [0.1, 0.15) is 0 Å². The van der Waals surface area contributed by atoms with Gasteiger partial charge < -0.3 is 5.32 Å². The highest BCUT2D eigenvalue weighted by molar-refractivity contribution is 6.30. The van der Waals surface area contributed by atoms with Crippen LogP contribution in [-0.4, -0.2) is 25.5 Å². The lowest BCUT2D eigenvalue weighted by Gasteiger charge is -2.19. The van der Waals surface area contributed by atoms with Crippen LogP contribution in [0.2, 0.25) is 5.02 Å². The summed E-state index contributed by atoms with van der Waals surface area (Å²) in [6.45, 7) is 2.90. The summed E-state index contributed by atoms with van der Waals surface area (Å²) in [4.78, 5) is 2.33. The molecular weight excluding hydrogens is 280 g/mol. The number of halogens is 1. The largest absolute Gasteiger partial charge is 0.319 e. The molecule has 0 saturated carbocycles. The summed E-state index contributed by atoms with van der Waals surface area (Å²) in [7, 11) is 4.15. The predicted molar refractivity (Wildman–Crippen MR) is 90.7 cm³/mol. The van der Waals surface area contributed by atoms with Crippen LogP contribution in [0.5, 0.6) is 0 Å². The zero-order chi connectivity index (χ0) is 15.1. The number of rotatable bonds is 7. The molecule has 0 spiro atoms. The molecule has 2 aromatic rings. The molecule has 1 N–H and O–H groups in total. The van der Waals surface area contributed by atoms with Gasteiger partial charge in [0, 0.05) is 18.1 Å². The number of benzene rings is 2. The second-order valence-corrected chi connectivity index (χ2v) is 5.86. The quantitative estimate of drug-likeness (QED) is 0.838. The van der Waals surface area contributed by atoms with Crippen LogP contribution in [0, 0.1) is 0 Å². The molecule has 0 aliphatic heterocycles. The smallest absolute Gasteiger partial charge is 0.0406 e. The van der Waals surface area contributed by atoms with Crippen molar-refractivity contribution in [2.45, 2.75) is 19.5 Å². The Labute approximate surface area is 132 Å². The standard InChI is InChI=1S/C18H23ClN2/c1-20-12-11-16-5-3-4-6-17(16)14-21(2)13-15-7-9-18(19)10-8-15/h3-10,20H,11-14H2,1-2H3. The van der Waals surface area contributed by atoms with Gasteiger partial charge in [-0.1, -0.05) is 48.0 Å². The van der Waals surface area contributed by atoms with Crippen molar-refractivity contribution in [1.82, 2.24) is 10.2 Å². The van der Waals surface area contributed by atoms with E-state index in [1.165, 1.54) is 16.7 Å². The third-order valence-electron chi connectivity index (χ3n) is 3.57. The van der Waals surface area contributed by atoms with Crippen molar-refractivity contribution in [3.05, 3.63) is 70.2 Å². The SMILES string of the molecule is CNCCc1ccccc1CN(C)Cc1ccc(Cl)cc1. The first-order valence-corrected chi connectivity index (χ1v) is 7.71. The van der Waals surface area contributed by atoms with E-state index in [2.05, 4.69) is 53.7 Å². The Hall–Kier alpha value is -1.35. The molecule has 0 aliphatic carbocycles. The Morgan fingerprint density at radius 2 is 1.62 bits per heavy atom. The van der Waals surface area contributed by atoms with E-state index in [9.17, 15) is 0 Å². The summed E-state index contributed by atoms with van der Waals surface area (Å²) in [5.74, 6) is 0. The monoisotopic (exact) mass is 302 g/mol. The van der Waals surface area contributed by atoms with Crippen LogP contribution in [0.15, 0.2) is 48.5 Å². The topological polar surface area (TPSA) is 15.3 Å². The lowest BCUT2D eigenvalue weighted by atomic mass is 10.0. The summed E-state index contributed by atoms with van der Waals surface area (Å²) >= 11 is 5.93. The minimum atomic E-state index is 0.791. The number of likely N-dealkylation sites (N-methyl/N-ethyl adjacent to an activating group) is 1. The molecule has 0 aliphatic rings. The molecule has 0 unspecified atom stereocenters. The van der Waals surface area contributed by atoms with E-state index in [1.807, 2.05) is 19.2 Å². The molecule has 21 heavy (non-hydrogen) atoms. The van der Waals surface area contributed by atoms with Crippen molar-refractivity contribution >= 4 is 11.6 Å². The summed E-state index contributed by atoms with van der Waals surface area (Å²) < 4.78 is 0. The third kappa shape index (κ3) is 5.16. The molecule has 0 radical (unpaired) electrons. The van der Waals surface area contributed by atoms with Crippen molar-refractivity contribution < 1.29 is 0 Å². The number of hydrogen-bond acceptors (Lipinski definition) is 2.